The maximum Gasteiger partial charge on any atom is 0.261 e. The lowest BCUT2D eigenvalue weighted by molar-refractivity contribution is -0.158. The first-order chi connectivity index (χ1) is 9.67. The van der Waals surface area contributed by atoms with Crippen LogP contribution in [0.1, 0.15) is 20.7 Å². The van der Waals surface area contributed by atoms with Gasteiger partial charge >= 0.3 is 0 Å². The van der Waals surface area contributed by atoms with E-state index in [2.05, 4.69) is 5.32 Å². The molecule has 1 aromatic carbocycles. The predicted octanol–water partition coefficient (Wildman–Crippen LogP) is 0.245. The summed E-state index contributed by atoms with van der Waals surface area (Å²) in [5.41, 5.74) is 0.880. The second-order valence-corrected chi connectivity index (χ2v) is 4.88. The Morgan fingerprint density at radius 1 is 1.15 bits per heavy atom. The fourth-order valence-electron chi connectivity index (χ4n) is 2.64. The van der Waals surface area contributed by atoms with Crippen molar-refractivity contribution in [2.45, 2.75) is 5.79 Å². The Morgan fingerprint density at radius 2 is 1.70 bits per heavy atom. The Labute approximate surface area is 116 Å². The van der Waals surface area contributed by atoms with E-state index in [9.17, 15) is 9.59 Å². The van der Waals surface area contributed by atoms with Crippen LogP contribution in [0.15, 0.2) is 24.3 Å². The second-order valence-electron chi connectivity index (χ2n) is 4.88. The van der Waals surface area contributed by atoms with Crippen molar-refractivity contribution in [3.8, 4) is 0 Å². The molecule has 106 valence electrons. The quantitative estimate of drug-likeness (QED) is 0.798. The minimum absolute atomic E-state index is 0.0974. The van der Waals surface area contributed by atoms with E-state index in [1.165, 1.54) is 4.90 Å². The van der Waals surface area contributed by atoms with E-state index in [4.69, 9.17) is 9.47 Å². The van der Waals surface area contributed by atoms with E-state index in [1.807, 2.05) is 0 Å². The molecule has 1 aromatic rings. The summed E-state index contributed by atoms with van der Waals surface area (Å²) in [5.74, 6) is -1.53. The van der Waals surface area contributed by atoms with Gasteiger partial charge < -0.3 is 14.8 Å². The summed E-state index contributed by atoms with van der Waals surface area (Å²) in [4.78, 5) is 25.8. The van der Waals surface area contributed by atoms with Gasteiger partial charge in [-0.05, 0) is 19.2 Å². The highest BCUT2D eigenvalue weighted by Gasteiger charge is 2.44. The van der Waals surface area contributed by atoms with E-state index in [0.717, 1.165) is 0 Å². The molecule has 0 saturated carbocycles. The Balaban J connectivity index is 1.86. The number of nitrogens with one attached hydrogen (secondary N) is 1. The van der Waals surface area contributed by atoms with Crippen molar-refractivity contribution in [1.82, 2.24) is 10.2 Å². The fourth-order valence-corrected chi connectivity index (χ4v) is 2.64. The van der Waals surface area contributed by atoms with Gasteiger partial charge in [-0.1, -0.05) is 12.1 Å². The highest BCUT2D eigenvalue weighted by Crippen LogP contribution is 2.27. The normalized spacial score (nSPS) is 20.6. The Morgan fingerprint density at radius 3 is 2.20 bits per heavy atom. The number of hydrogen-bond donors (Lipinski definition) is 1. The van der Waals surface area contributed by atoms with Gasteiger partial charge in [-0.25, -0.2) is 0 Å². The number of amides is 2. The van der Waals surface area contributed by atoms with Crippen molar-refractivity contribution in [3.05, 3.63) is 35.4 Å². The molecular weight excluding hydrogens is 260 g/mol. The molecule has 6 nitrogen and oxygen atoms in total. The number of carbonyl (C=O) groups excluding carboxylic acids is 2. The number of fused-ring (bicyclic) bond motifs is 1. The van der Waals surface area contributed by atoms with Gasteiger partial charge in [0, 0.05) is 0 Å². The Bertz CT molecular complexity index is 517. The molecule has 20 heavy (non-hydrogen) atoms. The van der Waals surface area contributed by atoms with Crippen molar-refractivity contribution in [3.63, 3.8) is 0 Å². The lowest BCUT2D eigenvalue weighted by Crippen LogP contribution is -2.51. The van der Waals surface area contributed by atoms with Gasteiger partial charge in [0.2, 0.25) is 0 Å². The van der Waals surface area contributed by atoms with Crippen LogP contribution in [0.2, 0.25) is 0 Å². The molecule has 0 unspecified atom stereocenters. The number of imide groups is 1. The third-order valence-corrected chi connectivity index (χ3v) is 3.54. The van der Waals surface area contributed by atoms with Gasteiger partial charge in [-0.2, -0.15) is 0 Å². The van der Waals surface area contributed by atoms with Gasteiger partial charge in [0.1, 0.15) is 0 Å². The molecule has 2 amide bonds. The summed E-state index contributed by atoms with van der Waals surface area (Å²) >= 11 is 0. The van der Waals surface area contributed by atoms with Crippen LogP contribution in [-0.4, -0.2) is 55.9 Å². The van der Waals surface area contributed by atoms with E-state index >= 15 is 0 Å². The molecular formula is C14H16N2O4. The SMILES string of the molecule is CNCC1(CN2C(=O)c3ccccc3C2=O)OCCO1. The van der Waals surface area contributed by atoms with Crippen LogP contribution in [-0.2, 0) is 9.47 Å². The second kappa shape index (κ2) is 4.97. The molecule has 0 radical (unpaired) electrons. The zero-order valence-corrected chi connectivity index (χ0v) is 11.2. The van der Waals surface area contributed by atoms with Crippen LogP contribution in [0.25, 0.3) is 0 Å². The van der Waals surface area contributed by atoms with Crippen molar-refractivity contribution in [2.75, 3.05) is 33.4 Å². The van der Waals surface area contributed by atoms with E-state index in [1.54, 1.807) is 31.3 Å². The maximum absolute atomic E-state index is 12.3. The highest BCUT2D eigenvalue weighted by molar-refractivity contribution is 6.21. The van der Waals surface area contributed by atoms with Crippen LogP contribution >= 0.6 is 0 Å². The third-order valence-electron chi connectivity index (χ3n) is 3.54. The van der Waals surface area contributed by atoms with Crippen molar-refractivity contribution < 1.29 is 19.1 Å². The van der Waals surface area contributed by atoms with Crippen LogP contribution in [0, 0.1) is 0 Å². The molecule has 1 fully saturated rings. The standard InChI is InChI=1S/C14H16N2O4/c1-15-8-14(19-6-7-20-14)9-16-12(17)10-4-2-3-5-11(10)13(16)18/h2-5,15H,6-9H2,1H3. The van der Waals surface area contributed by atoms with Crippen molar-refractivity contribution >= 4 is 11.8 Å². The average molecular weight is 276 g/mol. The summed E-state index contributed by atoms with van der Waals surface area (Å²) in [6.45, 7) is 1.44. The maximum atomic E-state index is 12.3. The number of ether oxygens (including phenoxy) is 2. The topological polar surface area (TPSA) is 67.9 Å². The summed E-state index contributed by atoms with van der Waals surface area (Å²) in [6.07, 6.45) is 0. The van der Waals surface area contributed by atoms with Gasteiger partial charge in [0.25, 0.3) is 11.8 Å². The molecule has 2 aliphatic heterocycles. The summed E-state index contributed by atoms with van der Waals surface area (Å²) < 4.78 is 11.2. The molecule has 3 rings (SSSR count). The molecule has 2 aliphatic rings. The zero-order chi connectivity index (χ0) is 14.2. The smallest absolute Gasteiger partial charge is 0.261 e. The van der Waals surface area contributed by atoms with Gasteiger partial charge in [0.15, 0.2) is 5.79 Å². The minimum atomic E-state index is -0.942. The van der Waals surface area contributed by atoms with Gasteiger partial charge in [-0.15, -0.1) is 0 Å². The molecule has 0 atom stereocenters. The molecule has 2 heterocycles. The molecule has 0 aliphatic carbocycles. The first-order valence-electron chi connectivity index (χ1n) is 6.55. The van der Waals surface area contributed by atoms with Crippen LogP contribution in [0.3, 0.4) is 0 Å². The first-order valence-corrected chi connectivity index (χ1v) is 6.55. The molecule has 1 N–H and O–H groups in total. The first kappa shape index (κ1) is 13.2. The molecule has 6 heteroatoms. The lowest BCUT2D eigenvalue weighted by Gasteiger charge is -2.30. The number of likely N-dealkylation sites (N-methyl/N-ethyl adjacent to an activating group) is 1. The number of nitrogens with zero attached hydrogens (tertiary/aromatic N) is 1. The number of carbonyl (C=O) groups is 2. The van der Waals surface area contributed by atoms with Crippen LogP contribution in [0.5, 0.6) is 0 Å². The van der Waals surface area contributed by atoms with Gasteiger partial charge in [0.05, 0.1) is 37.4 Å². The summed E-state index contributed by atoms with van der Waals surface area (Å²) in [6, 6.07) is 6.83. The Kier molecular flexibility index (Phi) is 3.29. The summed E-state index contributed by atoms with van der Waals surface area (Å²) in [5, 5.41) is 2.98. The van der Waals surface area contributed by atoms with Gasteiger partial charge in [-0.3, -0.25) is 14.5 Å². The number of hydrogen-bond acceptors (Lipinski definition) is 5. The molecule has 1 saturated heterocycles. The fraction of sp³-hybridized carbons (Fsp3) is 0.429. The number of rotatable bonds is 4. The van der Waals surface area contributed by atoms with Crippen LogP contribution < -0.4 is 5.32 Å². The van der Waals surface area contributed by atoms with E-state index < -0.39 is 5.79 Å². The largest absolute Gasteiger partial charge is 0.345 e. The average Bonchev–Trinajstić information content (AvgIpc) is 3.00. The zero-order valence-electron chi connectivity index (χ0n) is 11.2. The highest BCUT2D eigenvalue weighted by atomic mass is 16.7. The van der Waals surface area contributed by atoms with E-state index in [-0.39, 0.29) is 18.4 Å². The summed E-state index contributed by atoms with van der Waals surface area (Å²) in [7, 11) is 1.77. The Hall–Kier alpha value is -1.76. The van der Waals surface area contributed by atoms with Crippen molar-refractivity contribution in [2.24, 2.45) is 0 Å². The molecule has 0 spiro atoms. The molecule has 0 bridgehead atoms. The van der Waals surface area contributed by atoms with E-state index in [0.29, 0.717) is 30.9 Å². The minimum Gasteiger partial charge on any atom is -0.345 e. The monoisotopic (exact) mass is 276 g/mol. The third kappa shape index (κ3) is 2.02. The molecule has 0 aromatic heterocycles. The number of benzene rings is 1. The van der Waals surface area contributed by atoms with Crippen molar-refractivity contribution in [1.29, 1.82) is 0 Å². The predicted molar refractivity (Wildman–Crippen MR) is 70.4 cm³/mol. The van der Waals surface area contributed by atoms with Crippen LogP contribution in [0.4, 0.5) is 0 Å². The lowest BCUT2D eigenvalue weighted by atomic mass is 10.1.